The molecule has 162 valence electrons. The van der Waals surface area contributed by atoms with E-state index in [2.05, 4.69) is 49.9 Å². The van der Waals surface area contributed by atoms with Gasteiger partial charge in [-0.1, -0.05) is 18.2 Å². The van der Waals surface area contributed by atoms with Gasteiger partial charge < -0.3 is 14.6 Å². The molecule has 3 heterocycles. The van der Waals surface area contributed by atoms with Crippen LogP contribution in [0.2, 0.25) is 0 Å². The number of piperazine rings is 1. The van der Waals surface area contributed by atoms with Crippen LogP contribution in [0.15, 0.2) is 69.7 Å². The summed E-state index contributed by atoms with van der Waals surface area (Å²) in [5, 5.41) is 3.43. The van der Waals surface area contributed by atoms with Crippen molar-refractivity contribution in [2.24, 2.45) is 0 Å². The number of rotatable bonds is 7. The second-order valence-electron chi connectivity index (χ2n) is 8.14. The number of aromatic amines is 1. The molecule has 1 saturated heterocycles. The van der Waals surface area contributed by atoms with Gasteiger partial charge in [-0.3, -0.25) is 9.10 Å². The summed E-state index contributed by atoms with van der Waals surface area (Å²) >= 11 is -0.274. The minimum Gasteiger partial charge on any atom is -0.494 e. The van der Waals surface area contributed by atoms with Crippen molar-refractivity contribution in [3.05, 3.63) is 75.9 Å². The SMILES string of the molecule is O=c1ccc2ccc(OCCCCN3CCN([SH]4C=Cc5ccccc54)CC3)cc2[nH]1. The number of ether oxygens (including phenoxy) is 1. The summed E-state index contributed by atoms with van der Waals surface area (Å²) in [6.07, 6.45) is 4.47. The zero-order valence-electron chi connectivity index (χ0n) is 17.7. The molecule has 6 heteroatoms. The zero-order valence-corrected chi connectivity index (χ0v) is 18.6. The van der Waals surface area contributed by atoms with Gasteiger partial charge in [-0.15, -0.1) is 0 Å². The number of hydrogen-bond acceptors (Lipinski definition) is 4. The van der Waals surface area contributed by atoms with Crippen LogP contribution in [0.5, 0.6) is 5.75 Å². The number of fused-ring (bicyclic) bond motifs is 2. The van der Waals surface area contributed by atoms with E-state index in [0.717, 1.165) is 62.2 Å². The molecule has 5 rings (SSSR count). The van der Waals surface area contributed by atoms with Crippen molar-refractivity contribution in [1.82, 2.24) is 14.2 Å². The smallest absolute Gasteiger partial charge is 0.248 e. The molecule has 1 unspecified atom stereocenters. The Morgan fingerprint density at radius 2 is 1.81 bits per heavy atom. The fraction of sp³-hybridized carbons (Fsp3) is 0.320. The Hall–Kier alpha value is -2.54. The van der Waals surface area contributed by atoms with Crippen molar-refractivity contribution in [3.63, 3.8) is 0 Å². The van der Waals surface area contributed by atoms with Crippen molar-refractivity contribution in [2.75, 3.05) is 39.3 Å². The van der Waals surface area contributed by atoms with E-state index in [1.807, 2.05) is 24.3 Å². The van der Waals surface area contributed by atoms with Crippen LogP contribution in [-0.2, 0) is 0 Å². The largest absolute Gasteiger partial charge is 0.494 e. The highest BCUT2D eigenvalue weighted by molar-refractivity contribution is 8.18. The van der Waals surface area contributed by atoms with Gasteiger partial charge in [0.25, 0.3) is 0 Å². The number of nitrogens with one attached hydrogen (secondary N) is 1. The van der Waals surface area contributed by atoms with Crippen LogP contribution < -0.4 is 10.3 Å². The molecular formula is C25H29N3O2S. The normalized spacial score (nSPS) is 20.2. The third kappa shape index (κ3) is 4.71. The van der Waals surface area contributed by atoms with Crippen LogP contribution in [0.25, 0.3) is 17.0 Å². The summed E-state index contributed by atoms with van der Waals surface area (Å²) in [6, 6.07) is 18.1. The maximum absolute atomic E-state index is 11.5. The van der Waals surface area contributed by atoms with Crippen molar-refractivity contribution in [1.29, 1.82) is 0 Å². The molecule has 0 bridgehead atoms. The maximum Gasteiger partial charge on any atom is 0.248 e. The van der Waals surface area contributed by atoms with E-state index >= 15 is 0 Å². The number of aromatic nitrogens is 1. The van der Waals surface area contributed by atoms with Crippen LogP contribution in [-0.4, -0.2) is 53.5 Å². The first-order chi connectivity index (χ1) is 15.3. The average molecular weight is 436 g/mol. The predicted octanol–water partition coefficient (Wildman–Crippen LogP) is 4.26. The van der Waals surface area contributed by atoms with E-state index in [4.69, 9.17) is 4.74 Å². The quantitative estimate of drug-likeness (QED) is 0.430. The molecule has 0 amide bonds. The lowest BCUT2D eigenvalue weighted by Crippen LogP contribution is -2.44. The number of thiol groups is 1. The number of pyridine rings is 1. The highest BCUT2D eigenvalue weighted by Crippen LogP contribution is 2.48. The minimum absolute atomic E-state index is 0.0841. The summed E-state index contributed by atoms with van der Waals surface area (Å²) in [5.74, 6) is 0.815. The van der Waals surface area contributed by atoms with Gasteiger partial charge in [0.2, 0.25) is 5.56 Å². The van der Waals surface area contributed by atoms with Crippen LogP contribution >= 0.6 is 11.1 Å². The summed E-state index contributed by atoms with van der Waals surface area (Å²) in [5.41, 5.74) is 2.14. The molecule has 0 aliphatic carbocycles. The topological polar surface area (TPSA) is 48.6 Å². The van der Waals surface area contributed by atoms with Gasteiger partial charge in [-0.25, -0.2) is 0 Å². The lowest BCUT2D eigenvalue weighted by Gasteiger charge is -2.39. The molecule has 0 spiro atoms. The molecular weight excluding hydrogens is 406 g/mol. The van der Waals surface area contributed by atoms with E-state index < -0.39 is 0 Å². The monoisotopic (exact) mass is 435 g/mol. The number of nitrogens with zero attached hydrogens (tertiary/aromatic N) is 2. The highest BCUT2D eigenvalue weighted by atomic mass is 32.2. The third-order valence-corrected chi connectivity index (χ3v) is 8.41. The van der Waals surface area contributed by atoms with Gasteiger partial charge in [0.1, 0.15) is 5.75 Å². The lowest BCUT2D eigenvalue weighted by molar-refractivity contribution is 0.187. The highest BCUT2D eigenvalue weighted by Gasteiger charge is 2.24. The zero-order chi connectivity index (χ0) is 21.0. The Bertz CT molecular complexity index is 1130. The van der Waals surface area contributed by atoms with E-state index in [1.54, 1.807) is 6.07 Å². The van der Waals surface area contributed by atoms with E-state index in [0.29, 0.717) is 6.61 Å². The molecule has 0 radical (unpaired) electrons. The summed E-state index contributed by atoms with van der Waals surface area (Å²) in [7, 11) is 0. The second kappa shape index (κ2) is 9.30. The fourth-order valence-corrected chi connectivity index (χ4v) is 6.56. The Balaban J connectivity index is 1.03. The van der Waals surface area contributed by atoms with E-state index in [9.17, 15) is 4.79 Å². The standard InChI is InChI=1S/C25H29N3O2S/c29-25-10-8-20-7-9-22(19-23(20)26-25)30-17-4-3-12-27-13-15-28(16-14-27)31-18-11-21-5-1-2-6-24(21)31/h1-2,5-11,18-19,31H,3-4,12-17H2,(H,26,29). The molecule has 1 fully saturated rings. The van der Waals surface area contributed by atoms with E-state index in [-0.39, 0.29) is 16.6 Å². The molecule has 1 aromatic heterocycles. The minimum atomic E-state index is -0.274. The van der Waals surface area contributed by atoms with Crippen LogP contribution in [0.4, 0.5) is 0 Å². The molecule has 2 aliphatic rings. The summed E-state index contributed by atoms with van der Waals surface area (Å²) in [4.78, 5) is 18.4. The number of benzene rings is 2. The van der Waals surface area contributed by atoms with Gasteiger partial charge >= 0.3 is 0 Å². The second-order valence-corrected chi connectivity index (χ2v) is 10.2. The van der Waals surface area contributed by atoms with Gasteiger partial charge in [-0.2, -0.15) is 11.1 Å². The first kappa shape index (κ1) is 20.4. The van der Waals surface area contributed by atoms with Crippen molar-refractivity contribution in [2.45, 2.75) is 17.7 Å². The van der Waals surface area contributed by atoms with Crippen LogP contribution in [0.1, 0.15) is 18.4 Å². The summed E-state index contributed by atoms with van der Waals surface area (Å²) in [6.45, 7) is 6.43. The van der Waals surface area contributed by atoms with Crippen molar-refractivity contribution in [3.8, 4) is 5.75 Å². The molecule has 1 atom stereocenters. The molecule has 2 aliphatic heterocycles. The molecule has 2 aromatic carbocycles. The molecule has 1 N–H and O–H groups in total. The van der Waals surface area contributed by atoms with Gasteiger partial charge in [0, 0.05) is 43.2 Å². The predicted molar refractivity (Wildman–Crippen MR) is 130 cm³/mol. The Labute approximate surface area is 185 Å². The number of H-pyrrole nitrogens is 1. The van der Waals surface area contributed by atoms with E-state index in [1.165, 1.54) is 10.5 Å². The maximum atomic E-state index is 11.5. The van der Waals surface area contributed by atoms with Gasteiger partial charge in [0.05, 0.1) is 12.1 Å². The number of unbranched alkanes of at least 4 members (excludes halogenated alkanes) is 1. The van der Waals surface area contributed by atoms with Gasteiger partial charge in [-0.05, 0) is 66.1 Å². The van der Waals surface area contributed by atoms with Crippen LogP contribution in [0.3, 0.4) is 0 Å². The number of hydrogen-bond donors (Lipinski definition) is 2. The van der Waals surface area contributed by atoms with Crippen LogP contribution in [0, 0.1) is 0 Å². The first-order valence-corrected chi connectivity index (χ1v) is 12.4. The Morgan fingerprint density at radius 3 is 2.71 bits per heavy atom. The Kier molecular flexibility index (Phi) is 6.11. The average Bonchev–Trinajstić information content (AvgIpc) is 3.23. The van der Waals surface area contributed by atoms with Gasteiger partial charge in [0.15, 0.2) is 0 Å². The van der Waals surface area contributed by atoms with Crippen molar-refractivity contribution < 1.29 is 4.74 Å². The summed E-state index contributed by atoms with van der Waals surface area (Å²) < 4.78 is 8.58. The molecule has 31 heavy (non-hydrogen) atoms. The van der Waals surface area contributed by atoms with Crippen molar-refractivity contribution >= 4 is 28.1 Å². The molecule has 3 aromatic rings. The first-order valence-electron chi connectivity index (χ1n) is 11.1. The molecule has 5 nitrogen and oxygen atoms in total. The Morgan fingerprint density at radius 1 is 0.968 bits per heavy atom. The molecule has 0 saturated carbocycles. The fourth-order valence-electron chi connectivity index (χ4n) is 4.34. The third-order valence-electron chi connectivity index (χ3n) is 6.07. The lowest BCUT2D eigenvalue weighted by atomic mass is 10.2.